The molecular weight excluding hydrogens is 584 g/mol. The van der Waals surface area contributed by atoms with Crippen LogP contribution >= 0.6 is 0 Å². The number of likely N-dealkylation sites (N-methyl/N-ethyl adjacent to an activating group) is 3. The molecule has 8 heteroatoms. The van der Waals surface area contributed by atoms with Gasteiger partial charge in [-0.2, -0.15) is 0 Å². The van der Waals surface area contributed by atoms with E-state index < -0.39 is 6.23 Å². The fraction of sp³-hybridized carbons (Fsp3) is 0.615. The highest BCUT2D eigenvalue weighted by molar-refractivity contribution is 5.94. The van der Waals surface area contributed by atoms with Crippen molar-refractivity contribution in [1.29, 1.82) is 0 Å². The van der Waals surface area contributed by atoms with Crippen molar-refractivity contribution in [2.75, 3.05) is 53.9 Å². The van der Waals surface area contributed by atoms with Gasteiger partial charge in [0, 0.05) is 57.7 Å². The molecule has 5 N–H and O–H groups in total. The number of hydrogen-bond donors (Lipinski definition) is 5. The standard InChI is InChI=1S/C29H44N6O2.5C2H6/c1-21(26-12-13-27(34(4)20-26)28(30-3)33-22(2)36)17-32-16-14-23-8-10-25(11-9-23)29(37)35(5)19-24-7-6-15-31-18-24;5*1-2/h6-13,18,21-22,28,30-33,36H,14-17,19-20H2,1-5H3;5*1-2H3. The van der Waals surface area contributed by atoms with Crippen molar-refractivity contribution >= 4 is 5.91 Å². The predicted octanol–water partition coefficient (Wildman–Crippen LogP) is 6.93. The van der Waals surface area contributed by atoms with Crippen molar-refractivity contribution in [1.82, 2.24) is 31.1 Å². The van der Waals surface area contributed by atoms with E-state index in [4.69, 9.17) is 0 Å². The first-order valence-corrected chi connectivity index (χ1v) is 18.2. The lowest BCUT2D eigenvalue weighted by Crippen LogP contribution is -2.50. The fourth-order valence-corrected chi connectivity index (χ4v) is 4.61. The molecule has 3 atom stereocenters. The quantitative estimate of drug-likeness (QED) is 0.116. The maximum atomic E-state index is 12.8. The second-order valence-corrected chi connectivity index (χ2v) is 10.00. The Balaban J connectivity index is -0.00000176. The van der Waals surface area contributed by atoms with Crippen LogP contribution in [-0.4, -0.2) is 87.1 Å². The number of benzene rings is 1. The number of carbonyl (C=O) groups excluding carboxylic acids is 1. The highest BCUT2D eigenvalue weighted by Crippen LogP contribution is 2.21. The molecule has 0 fully saturated rings. The van der Waals surface area contributed by atoms with Gasteiger partial charge in [-0.1, -0.05) is 107 Å². The second kappa shape index (κ2) is 31.7. The Labute approximate surface area is 290 Å². The van der Waals surface area contributed by atoms with E-state index in [1.54, 1.807) is 11.8 Å². The van der Waals surface area contributed by atoms with Crippen LogP contribution in [0.4, 0.5) is 0 Å². The summed E-state index contributed by atoms with van der Waals surface area (Å²) in [5, 5.41) is 22.8. The van der Waals surface area contributed by atoms with Crippen LogP contribution in [0.1, 0.15) is 99.0 Å². The highest BCUT2D eigenvalue weighted by Gasteiger charge is 2.22. The molecule has 3 rings (SSSR count). The van der Waals surface area contributed by atoms with E-state index in [0.717, 1.165) is 43.9 Å². The summed E-state index contributed by atoms with van der Waals surface area (Å²) in [4.78, 5) is 16.7. The van der Waals surface area contributed by atoms with Crippen molar-refractivity contribution in [3.63, 3.8) is 0 Å². The molecule has 47 heavy (non-hydrogen) atoms. The Morgan fingerprint density at radius 1 is 0.979 bits per heavy atom. The number of nitrogens with zero attached hydrogens (tertiary/aromatic N) is 2. The van der Waals surface area contributed by atoms with Crippen molar-refractivity contribution in [2.45, 2.75) is 102 Å². The summed E-state index contributed by atoms with van der Waals surface area (Å²) in [5.41, 5.74) is 5.52. The molecule has 3 unspecified atom stereocenters. The largest absolute Gasteiger partial charge is 0.387 e. The number of dihydropyridines is 1. The van der Waals surface area contributed by atoms with Crippen LogP contribution in [0.15, 0.2) is 71.6 Å². The van der Waals surface area contributed by atoms with Crippen LogP contribution in [0.25, 0.3) is 0 Å². The number of aliphatic hydroxyl groups excluding tert-OH is 1. The number of hydrogen-bond acceptors (Lipinski definition) is 7. The number of carbonyl (C=O) groups is 1. The average Bonchev–Trinajstić information content (AvgIpc) is 3.13. The van der Waals surface area contributed by atoms with Crippen molar-refractivity contribution in [3.05, 3.63) is 82.7 Å². The van der Waals surface area contributed by atoms with Gasteiger partial charge in [-0.3, -0.25) is 15.4 Å². The van der Waals surface area contributed by atoms with E-state index in [1.165, 1.54) is 11.1 Å². The van der Waals surface area contributed by atoms with Gasteiger partial charge in [-0.15, -0.1) is 0 Å². The Morgan fingerprint density at radius 3 is 2.06 bits per heavy atom. The molecule has 2 heterocycles. The molecule has 0 saturated heterocycles. The minimum Gasteiger partial charge on any atom is -0.387 e. The highest BCUT2D eigenvalue weighted by atomic mass is 16.3. The predicted molar refractivity (Wildman–Crippen MR) is 208 cm³/mol. The van der Waals surface area contributed by atoms with Gasteiger partial charge in [-0.25, -0.2) is 0 Å². The first kappa shape index (κ1) is 48.5. The number of nitrogens with one attached hydrogen (secondary N) is 4. The fourth-order valence-electron chi connectivity index (χ4n) is 4.61. The van der Waals surface area contributed by atoms with E-state index in [1.807, 2.05) is 102 Å². The van der Waals surface area contributed by atoms with Gasteiger partial charge in [0.25, 0.3) is 5.91 Å². The summed E-state index contributed by atoms with van der Waals surface area (Å²) >= 11 is 0. The first-order chi connectivity index (χ1) is 22.8. The average molecular weight is 659 g/mol. The molecule has 0 spiro atoms. The lowest BCUT2D eigenvalue weighted by Gasteiger charge is -2.34. The molecule has 0 aliphatic carbocycles. The summed E-state index contributed by atoms with van der Waals surface area (Å²) in [5.74, 6) is 0.446. The third-order valence-electron chi connectivity index (χ3n) is 6.82. The summed E-state index contributed by atoms with van der Waals surface area (Å²) < 4.78 is 0. The molecule has 0 radical (unpaired) electrons. The monoisotopic (exact) mass is 659 g/mol. The van der Waals surface area contributed by atoms with Gasteiger partial charge in [-0.05, 0) is 67.8 Å². The van der Waals surface area contributed by atoms with Crippen LogP contribution in [-0.2, 0) is 6.42 Å². The molecule has 2 aliphatic heterocycles. The molecule has 0 bridgehead atoms. The van der Waals surface area contributed by atoms with E-state index in [2.05, 4.69) is 76.6 Å². The smallest absolute Gasteiger partial charge is 0.253 e. The maximum Gasteiger partial charge on any atom is 0.253 e. The van der Waals surface area contributed by atoms with Gasteiger partial charge in [0.05, 0.1) is 0 Å². The summed E-state index contributed by atoms with van der Waals surface area (Å²) in [6.07, 6.45) is 10.7. The van der Waals surface area contributed by atoms with Gasteiger partial charge in [0.1, 0.15) is 12.4 Å². The Kier molecular flexibility index (Phi) is 32.7. The zero-order valence-electron chi connectivity index (χ0n) is 32.9. The Morgan fingerprint density at radius 2 is 1.57 bits per heavy atom. The zero-order valence-corrected chi connectivity index (χ0v) is 32.9. The van der Waals surface area contributed by atoms with Crippen LogP contribution in [0.5, 0.6) is 0 Å². The summed E-state index contributed by atoms with van der Waals surface area (Å²) in [6.45, 7) is 28.1. The second-order valence-electron chi connectivity index (χ2n) is 10.00. The summed E-state index contributed by atoms with van der Waals surface area (Å²) in [7, 11) is 5.81. The Bertz CT molecular complexity index is 1010. The zero-order chi connectivity index (χ0) is 36.8. The van der Waals surface area contributed by atoms with E-state index in [9.17, 15) is 9.90 Å². The van der Waals surface area contributed by atoms with Crippen molar-refractivity contribution < 1.29 is 9.90 Å². The van der Waals surface area contributed by atoms with Gasteiger partial charge in [0.15, 0.2) is 0 Å². The first-order valence-electron chi connectivity index (χ1n) is 18.2. The molecular formula is C39H74N6O2. The minimum absolute atomic E-state index is 0.0315. The molecule has 0 saturated carbocycles. The van der Waals surface area contributed by atoms with E-state index in [-0.39, 0.29) is 12.1 Å². The maximum absolute atomic E-state index is 12.8. The summed E-state index contributed by atoms with van der Waals surface area (Å²) in [6, 6.07) is 7.96. The van der Waals surface area contributed by atoms with Crippen LogP contribution in [0, 0.1) is 5.92 Å². The number of rotatable bonds is 13. The third-order valence-corrected chi connectivity index (χ3v) is 6.82. The lowest BCUT2D eigenvalue weighted by atomic mass is 9.97. The molecule has 272 valence electrons. The SMILES string of the molecule is CC.CC.CC.CC.CC.CNC(NC(C)O)C1=CC=C(C(C)CNCCc2ccc(C(=O)N(C)CC3=CNCC=C3)cc2)CN1C. The number of allylic oxidation sites excluding steroid dienone is 2. The molecule has 2 aliphatic rings. The normalized spacial score (nSPS) is 14.6. The van der Waals surface area contributed by atoms with Crippen LogP contribution < -0.4 is 21.3 Å². The van der Waals surface area contributed by atoms with Crippen molar-refractivity contribution in [3.8, 4) is 0 Å². The number of amides is 1. The van der Waals surface area contributed by atoms with Crippen LogP contribution in [0.3, 0.4) is 0 Å². The molecule has 1 amide bonds. The number of aliphatic hydroxyl groups is 1. The van der Waals surface area contributed by atoms with E-state index >= 15 is 0 Å². The third kappa shape index (κ3) is 19.5. The van der Waals surface area contributed by atoms with Crippen LogP contribution in [0.2, 0.25) is 0 Å². The van der Waals surface area contributed by atoms with Gasteiger partial charge in [0.2, 0.25) is 0 Å². The molecule has 1 aromatic carbocycles. The topological polar surface area (TPSA) is 91.9 Å². The molecule has 8 nitrogen and oxygen atoms in total. The molecule has 1 aromatic rings. The van der Waals surface area contributed by atoms with Gasteiger partial charge < -0.3 is 25.5 Å². The van der Waals surface area contributed by atoms with E-state index in [0.29, 0.717) is 18.0 Å². The lowest BCUT2D eigenvalue weighted by molar-refractivity contribution is 0.0807. The Hall–Kier alpha value is -2.91. The van der Waals surface area contributed by atoms with Gasteiger partial charge >= 0.3 is 0 Å². The minimum atomic E-state index is -0.585. The molecule has 0 aromatic heterocycles. The van der Waals surface area contributed by atoms with Crippen molar-refractivity contribution in [2.24, 2.45) is 5.92 Å².